The van der Waals surface area contributed by atoms with Crippen LogP contribution in [0.3, 0.4) is 0 Å². The highest BCUT2D eigenvalue weighted by Crippen LogP contribution is 2.28. The number of carbonyl (C=O) groups excluding carboxylic acids is 1. The van der Waals surface area contributed by atoms with Crippen LogP contribution in [0, 0.1) is 5.41 Å². The highest BCUT2D eigenvalue weighted by molar-refractivity contribution is 6.09. The lowest BCUT2D eigenvalue weighted by Crippen LogP contribution is -2.23. The van der Waals surface area contributed by atoms with Crippen LogP contribution in [-0.4, -0.2) is 36.3 Å². The van der Waals surface area contributed by atoms with Crippen LogP contribution in [0.1, 0.15) is 28.7 Å². The number of ether oxygens (including phenoxy) is 2. The molecule has 29 heavy (non-hydrogen) atoms. The molecule has 2 heterocycles. The van der Waals surface area contributed by atoms with Gasteiger partial charge in [0.2, 0.25) is 0 Å². The fraction of sp³-hybridized carbons (Fsp3) is 0.190. The molecule has 0 aliphatic rings. The lowest BCUT2D eigenvalue weighted by Gasteiger charge is -2.13. The van der Waals surface area contributed by atoms with E-state index >= 15 is 0 Å². The Kier molecular flexibility index (Phi) is 5.82. The molecule has 0 unspecified atom stereocenters. The zero-order valence-electron chi connectivity index (χ0n) is 16.5. The van der Waals surface area contributed by atoms with Crippen LogP contribution in [-0.2, 0) is 6.54 Å². The van der Waals surface area contributed by atoms with Crippen LogP contribution >= 0.6 is 0 Å². The van der Waals surface area contributed by atoms with Gasteiger partial charge in [-0.15, -0.1) is 0 Å². The maximum atomic E-state index is 12.7. The van der Waals surface area contributed by atoms with E-state index in [4.69, 9.17) is 20.6 Å². The molecule has 0 saturated carbocycles. The van der Waals surface area contributed by atoms with Crippen LogP contribution < -0.4 is 20.5 Å². The van der Waals surface area contributed by atoms with E-state index in [1.165, 1.54) is 6.21 Å². The van der Waals surface area contributed by atoms with Crippen molar-refractivity contribution in [2.75, 3.05) is 14.2 Å². The van der Waals surface area contributed by atoms with Crippen LogP contribution in [0.4, 0.5) is 0 Å². The Hall–Kier alpha value is -3.81. The summed E-state index contributed by atoms with van der Waals surface area (Å²) in [6, 6.07) is 10.8. The van der Waals surface area contributed by atoms with E-state index in [9.17, 15) is 4.79 Å². The number of benzene rings is 1. The number of nitrogens with one attached hydrogen (secondary N) is 3. The molecule has 8 heteroatoms. The topological polar surface area (TPSA) is 126 Å². The second-order valence-electron chi connectivity index (χ2n) is 6.38. The van der Waals surface area contributed by atoms with Gasteiger partial charge in [0.15, 0.2) is 0 Å². The number of hydrogen-bond acceptors (Lipinski definition) is 6. The molecule has 3 aromatic rings. The van der Waals surface area contributed by atoms with Crippen molar-refractivity contribution in [2.24, 2.45) is 5.73 Å². The Morgan fingerprint density at radius 2 is 1.93 bits per heavy atom. The molecule has 0 aliphatic carbocycles. The number of fused-ring (bicyclic) bond motifs is 1. The van der Waals surface area contributed by atoms with Gasteiger partial charge in [-0.2, -0.15) is 0 Å². The lowest BCUT2D eigenvalue weighted by molar-refractivity contribution is 0.0946. The van der Waals surface area contributed by atoms with Gasteiger partial charge < -0.3 is 30.9 Å². The zero-order chi connectivity index (χ0) is 21.0. The highest BCUT2D eigenvalue weighted by Gasteiger charge is 2.15. The summed E-state index contributed by atoms with van der Waals surface area (Å²) in [5.74, 6) is 0.988. The maximum absolute atomic E-state index is 12.7. The second-order valence-corrected chi connectivity index (χ2v) is 6.38. The van der Waals surface area contributed by atoms with Crippen molar-refractivity contribution in [2.45, 2.75) is 13.5 Å². The summed E-state index contributed by atoms with van der Waals surface area (Å²) in [7, 11) is 3.14. The third kappa shape index (κ3) is 4.06. The first kappa shape index (κ1) is 19.9. The second kappa shape index (κ2) is 8.47. The van der Waals surface area contributed by atoms with Gasteiger partial charge in [-0.3, -0.25) is 4.79 Å². The zero-order valence-corrected chi connectivity index (χ0v) is 16.5. The third-order valence-corrected chi connectivity index (χ3v) is 4.52. The van der Waals surface area contributed by atoms with E-state index in [1.54, 1.807) is 33.3 Å². The molecule has 150 valence electrons. The van der Waals surface area contributed by atoms with Gasteiger partial charge in [-0.05, 0) is 37.3 Å². The average molecular weight is 393 g/mol. The molecular formula is C21H23N5O3. The van der Waals surface area contributed by atoms with Crippen molar-refractivity contribution in [3.05, 3.63) is 59.0 Å². The number of carbonyl (C=O) groups is 1. The molecule has 1 aromatic carbocycles. The summed E-state index contributed by atoms with van der Waals surface area (Å²) in [6.45, 7) is 1.96. The number of pyridine rings is 1. The molecule has 0 radical (unpaired) electrons. The third-order valence-electron chi connectivity index (χ3n) is 4.52. The van der Waals surface area contributed by atoms with E-state index < -0.39 is 0 Å². The Labute approximate surface area is 168 Å². The fourth-order valence-corrected chi connectivity index (χ4v) is 3.03. The van der Waals surface area contributed by atoms with Crippen LogP contribution in [0.2, 0.25) is 0 Å². The van der Waals surface area contributed by atoms with Crippen molar-refractivity contribution >= 4 is 28.7 Å². The summed E-state index contributed by atoms with van der Waals surface area (Å²) in [6.07, 6.45) is 1.17. The predicted octanol–water partition coefficient (Wildman–Crippen LogP) is 2.85. The Morgan fingerprint density at radius 3 is 2.52 bits per heavy atom. The number of nitrogens with zero attached hydrogens (tertiary/aromatic N) is 1. The van der Waals surface area contributed by atoms with E-state index in [0.717, 1.165) is 10.9 Å². The number of aromatic nitrogens is 2. The molecule has 3 rings (SSSR count). The van der Waals surface area contributed by atoms with Crippen molar-refractivity contribution < 1.29 is 14.3 Å². The summed E-state index contributed by atoms with van der Waals surface area (Å²) in [4.78, 5) is 20.2. The molecule has 1 amide bonds. The van der Waals surface area contributed by atoms with Crippen molar-refractivity contribution in [1.29, 1.82) is 5.41 Å². The van der Waals surface area contributed by atoms with Crippen molar-refractivity contribution in [3.63, 3.8) is 0 Å². The monoisotopic (exact) mass is 393 g/mol. The number of amides is 1. The Balaban J connectivity index is 1.84. The fourth-order valence-electron chi connectivity index (χ4n) is 3.03. The van der Waals surface area contributed by atoms with Gasteiger partial charge in [0, 0.05) is 22.9 Å². The first-order valence-electron chi connectivity index (χ1n) is 8.93. The van der Waals surface area contributed by atoms with Gasteiger partial charge in [-0.25, -0.2) is 4.98 Å². The molecule has 8 nitrogen and oxygen atoms in total. The number of allylic oxidation sites excluding steroid dienone is 2. The number of hydrogen-bond donors (Lipinski definition) is 4. The maximum Gasteiger partial charge on any atom is 0.268 e. The van der Waals surface area contributed by atoms with Gasteiger partial charge >= 0.3 is 0 Å². The summed E-state index contributed by atoms with van der Waals surface area (Å²) < 4.78 is 10.7. The normalized spacial score (nSPS) is 11.7. The molecule has 0 spiro atoms. The molecule has 0 fully saturated rings. The van der Waals surface area contributed by atoms with E-state index in [0.29, 0.717) is 39.8 Å². The first-order valence-corrected chi connectivity index (χ1v) is 8.93. The van der Waals surface area contributed by atoms with E-state index in [2.05, 4.69) is 15.3 Å². The molecule has 2 aromatic heterocycles. The number of aromatic amines is 1. The van der Waals surface area contributed by atoms with Crippen LogP contribution in [0.15, 0.2) is 42.1 Å². The van der Waals surface area contributed by atoms with Crippen molar-refractivity contribution in [1.82, 2.24) is 15.3 Å². The molecule has 0 bridgehead atoms. The number of nitrogens with two attached hydrogens (primary N) is 1. The molecule has 5 N–H and O–H groups in total. The van der Waals surface area contributed by atoms with Gasteiger partial charge in [-0.1, -0.05) is 6.07 Å². The number of rotatable bonds is 7. The van der Waals surface area contributed by atoms with E-state index in [-0.39, 0.29) is 12.5 Å². The largest absolute Gasteiger partial charge is 0.496 e. The standard InChI is InChI=1S/C21H23N5O3/c1-12(23)14(10-22)16-8-7-13-9-17(26-20(13)25-16)21(27)24-11-15-18(28-2)5-4-6-19(15)29-3/h4-10,22H,11,23H2,1-3H3,(H,24,27)(H,25,26)/b14-12+,22-10?. The van der Waals surface area contributed by atoms with Crippen molar-refractivity contribution in [3.8, 4) is 11.5 Å². The average Bonchev–Trinajstić information content (AvgIpc) is 3.15. The van der Waals surface area contributed by atoms with Gasteiger partial charge in [0.25, 0.3) is 5.91 Å². The Bertz CT molecular complexity index is 1070. The molecule has 0 aliphatic heterocycles. The van der Waals surface area contributed by atoms with Gasteiger partial charge in [0.05, 0.1) is 32.0 Å². The summed E-state index contributed by atoms with van der Waals surface area (Å²) in [5, 5.41) is 11.2. The smallest absolute Gasteiger partial charge is 0.268 e. The van der Waals surface area contributed by atoms with E-state index in [1.807, 2.05) is 24.3 Å². The minimum Gasteiger partial charge on any atom is -0.496 e. The Morgan fingerprint density at radius 1 is 1.24 bits per heavy atom. The molecule has 0 saturated heterocycles. The minimum atomic E-state index is -0.282. The van der Waals surface area contributed by atoms with Crippen LogP contribution in [0.25, 0.3) is 16.6 Å². The summed E-state index contributed by atoms with van der Waals surface area (Å²) >= 11 is 0. The van der Waals surface area contributed by atoms with Gasteiger partial charge in [0.1, 0.15) is 22.8 Å². The quantitative estimate of drug-likeness (QED) is 0.459. The SMILES string of the molecule is COc1cccc(OC)c1CNC(=O)c1cc2ccc(/C(C=N)=C(\C)N)nc2[nH]1. The minimum absolute atomic E-state index is 0.243. The van der Waals surface area contributed by atoms with Crippen LogP contribution in [0.5, 0.6) is 11.5 Å². The first-order chi connectivity index (χ1) is 14.0. The molecular weight excluding hydrogens is 370 g/mol. The number of methoxy groups -OCH3 is 2. The summed E-state index contributed by atoms with van der Waals surface area (Å²) in [5.41, 5.74) is 9.10. The highest BCUT2D eigenvalue weighted by atomic mass is 16.5. The predicted molar refractivity (Wildman–Crippen MR) is 112 cm³/mol. The molecule has 0 atom stereocenters. The number of H-pyrrole nitrogens is 1. The lowest BCUT2D eigenvalue weighted by atomic mass is 10.1.